The van der Waals surface area contributed by atoms with Crippen LogP contribution in [0.4, 0.5) is 5.69 Å². The first kappa shape index (κ1) is 21.1. The van der Waals surface area contributed by atoms with E-state index < -0.39 is 0 Å². The molecule has 7 heteroatoms. The number of methoxy groups -OCH3 is 2. The van der Waals surface area contributed by atoms with Gasteiger partial charge in [0.1, 0.15) is 11.5 Å². The van der Waals surface area contributed by atoms with E-state index in [1.807, 2.05) is 36.4 Å². The van der Waals surface area contributed by atoms with Crippen LogP contribution in [0.1, 0.15) is 21.6 Å². The molecule has 1 N–H and O–H groups in total. The summed E-state index contributed by atoms with van der Waals surface area (Å²) in [5.41, 5.74) is 2.72. The smallest absolute Gasteiger partial charge is 0.260 e. The van der Waals surface area contributed by atoms with Crippen molar-refractivity contribution >= 4 is 22.5 Å². The van der Waals surface area contributed by atoms with Crippen molar-refractivity contribution in [3.63, 3.8) is 0 Å². The normalized spacial score (nSPS) is 10.7. The summed E-state index contributed by atoms with van der Waals surface area (Å²) in [6.45, 7) is 2.15. The summed E-state index contributed by atoms with van der Waals surface area (Å²) < 4.78 is 12.1. The van der Waals surface area contributed by atoms with Gasteiger partial charge in [-0.1, -0.05) is 24.3 Å². The lowest BCUT2D eigenvalue weighted by Crippen LogP contribution is -2.22. The molecule has 0 fully saturated rings. The predicted octanol–water partition coefficient (Wildman–Crippen LogP) is 4.02. The maximum absolute atomic E-state index is 13.1. The second kappa shape index (κ2) is 8.93. The summed E-state index contributed by atoms with van der Waals surface area (Å²) in [5.74, 6) is 0.949. The number of carbonyl (C=O) groups is 1. The van der Waals surface area contributed by atoms with Crippen molar-refractivity contribution in [1.82, 2.24) is 9.55 Å². The van der Waals surface area contributed by atoms with Gasteiger partial charge in [0, 0.05) is 6.20 Å². The van der Waals surface area contributed by atoms with Crippen molar-refractivity contribution in [2.75, 3.05) is 19.5 Å². The maximum Gasteiger partial charge on any atom is 0.260 e. The van der Waals surface area contributed by atoms with E-state index in [1.54, 1.807) is 56.2 Å². The number of benzene rings is 2. The highest BCUT2D eigenvalue weighted by molar-refractivity contribution is 6.07. The van der Waals surface area contributed by atoms with Crippen LogP contribution in [-0.4, -0.2) is 29.7 Å². The Morgan fingerprint density at radius 1 is 1.03 bits per heavy atom. The van der Waals surface area contributed by atoms with Gasteiger partial charge in [-0.05, 0) is 48.9 Å². The number of aryl methyl sites for hydroxylation is 1. The van der Waals surface area contributed by atoms with Crippen LogP contribution in [0.2, 0.25) is 0 Å². The molecule has 0 atom stereocenters. The number of hydrogen-bond donors (Lipinski definition) is 1. The van der Waals surface area contributed by atoms with E-state index in [0.717, 1.165) is 11.3 Å². The first-order chi connectivity index (χ1) is 15.5. The SMILES string of the molecule is COc1ccc(Cn2ccc3nc(C)c(C(=O)Nc4ccccc4OC)cc3c2=O)cc1. The Morgan fingerprint density at radius 3 is 2.50 bits per heavy atom. The van der Waals surface area contributed by atoms with Crippen molar-refractivity contribution < 1.29 is 14.3 Å². The number of fused-ring (bicyclic) bond motifs is 1. The van der Waals surface area contributed by atoms with E-state index >= 15 is 0 Å². The first-order valence-electron chi connectivity index (χ1n) is 10.1. The quantitative estimate of drug-likeness (QED) is 0.501. The molecule has 4 aromatic rings. The summed E-state index contributed by atoms with van der Waals surface area (Å²) in [6, 6.07) is 18.1. The molecule has 0 saturated carbocycles. The molecule has 1 amide bonds. The van der Waals surface area contributed by atoms with Gasteiger partial charge in [0.05, 0.1) is 48.6 Å². The van der Waals surface area contributed by atoms with E-state index in [-0.39, 0.29) is 11.5 Å². The number of amides is 1. The zero-order valence-corrected chi connectivity index (χ0v) is 18.1. The van der Waals surface area contributed by atoms with E-state index in [2.05, 4.69) is 10.3 Å². The van der Waals surface area contributed by atoms with Gasteiger partial charge < -0.3 is 19.4 Å². The Bertz CT molecular complexity index is 1340. The molecule has 0 aliphatic carbocycles. The minimum atomic E-state index is -0.355. The molecule has 0 radical (unpaired) electrons. The third kappa shape index (κ3) is 4.18. The van der Waals surface area contributed by atoms with Crippen LogP contribution in [0.3, 0.4) is 0 Å². The van der Waals surface area contributed by atoms with Crippen molar-refractivity contribution in [3.8, 4) is 11.5 Å². The van der Waals surface area contributed by atoms with Crippen LogP contribution in [-0.2, 0) is 6.54 Å². The van der Waals surface area contributed by atoms with Gasteiger partial charge in [0.2, 0.25) is 0 Å². The molecule has 0 spiro atoms. The lowest BCUT2D eigenvalue weighted by atomic mass is 10.1. The minimum absolute atomic E-state index is 0.211. The monoisotopic (exact) mass is 429 g/mol. The van der Waals surface area contributed by atoms with Crippen LogP contribution in [0, 0.1) is 6.92 Å². The van der Waals surface area contributed by atoms with Crippen molar-refractivity contribution in [2.24, 2.45) is 0 Å². The molecule has 2 aromatic carbocycles. The topological polar surface area (TPSA) is 82.5 Å². The van der Waals surface area contributed by atoms with Gasteiger partial charge in [0.15, 0.2) is 0 Å². The average Bonchev–Trinajstić information content (AvgIpc) is 2.81. The molecule has 162 valence electrons. The lowest BCUT2D eigenvalue weighted by Gasteiger charge is -2.12. The highest BCUT2D eigenvalue weighted by atomic mass is 16.5. The first-order valence-corrected chi connectivity index (χ1v) is 10.1. The summed E-state index contributed by atoms with van der Waals surface area (Å²) >= 11 is 0. The molecule has 7 nitrogen and oxygen atoms in total. The zero-order chi connectivity index (χ0) is 22.7. The molecule has 2 aromatic heterocycles. The van der Waals surface area contributed by atoms with Gasteiger partial charge in [-0.25, -0.2) is 0 Å². The van der Waals surface area contributed by atoms with Gasteiger partial charge in [-0.3, -0.25) is 14.6 Å². The maximum atomic E-state index is 13.1. The Kier molecular flexibility index (Phi) is 5.89. The van der Waals surface area contributed by atoms with Crippen LogP contribution in [0.15, 0.2) is 71.7 Å². The summed E-state index contributed by atoms with van der Waals surface area (Å²) in [4.78, 5) is 30.6. The standard InChI is InChI=1S/C25H23N3O4/c1-16-19(24(29)27-22-6-4-5-7-23(22)32-3)14-20-21(26-16)12-13-28(25(20)30)15-17-8-10-18(31-2)11-9-17/h4-14H,15H2,1-3H3,(H,27,29). The average molecular weight is 429 g/mol. The van der Waals surface area contributed by atoms with Crippen molar-refractivity contribution in [3.05, 3.63) is 94.0 Å². The summed E-state index contributed by atoms with van der Waals surface area (Å²) in [5, 5.41) is 3.23. The second-order valence-corrected chi connectivity index (χ2v) is 7.31. The molecule has 0 aliphatic heterocycles. The lowest BCUT2D eigenvalue weighted by molar-refractivity contribution is 0.102. The van der Waals surface area contributed by atoms with Crippen molar-refractivity contribution in [1.29, 1.82) is 0 Å². The number of ether oxygens (including phenoxy) is 2. The molecular formula is C25H23N3O4. The van der Waals surface area contributed by atoms with E-state index in [9.17, 15) is 9.59 Å². The minimum Gasteiger partial charge on any atom is -0.497 e. The second-order valence-electron chi connectivity index (χ2n) is 7.31. The molecule has 2 heterocycles. The Balaban J connectivity index is 1.68. The number of nitrogens with one attached hydrogen (secondary N) is 1. The number of hydrogen-bond acceptors (Lipinski definition) is 5. The molecular weight excluding hydrogens is 406 g/mol. The third-order valence-electron chi connectivity index (χ3n) is 5.26. The van der Waals surface area contributed by atoms with Gasteiger partial charge in [-0.15, -0.1) is 0 Å². The number of aromatic nitrogens is 2. The summed E-state index contributed by atoms with van der Waals surface area (Å²) in [6.07, 6.45) is 1.72. The van der Waals surface area contributed by atoms with E-state index in [1.165, 1.54) is 0 Å². The van der Waals surface area contributed by atoms with Crippen LogP contribution >= 0.6 is 0 Å². The zero-order valence-electron chi connectivity index (χ0n) is 18.1. The van der Waals surface area contributed by atoms with E-state index in [0.29, 0.717) is 40.1 Å². The number of carbonyl (C=O) groups excluding carboxylic acids is 1. The number of rotatable bonds is 6. The van der Waals surface area contributed by atoms with Gasteiger partial charge >= 0.3 is 0 Å². The van der Waals surface area contributed by atoms with Gasteiger partial charge in [-0.2, -0.15) is 0 Å². The van der Waals surface area contributed by atoms with Crippen LogP contribution < -0.4 is 20.3 Å². The van der Waals surface area contributed by atoms with Crippen LogP contribution in [0.5, 0.6) is 11.5 Å². The Labute approximate surface area is 185 Å². The fourth-order valence-electron chi connectivity index (χ4n) is 3.52. The molecule has 0 bridgehead atoms. The van der Waals surface area contributed by atoms with Crippen molar-refractivity contribution in [2.45, 2.75) is 13.5 Å². The number of para-hydroxylation sites is 2. The molecule has 0 saturated heterocycles. The summed E-state index contributed by atoms with van der Waals surface area (Å²) in [7, 11) is 3.15. The third-order valence-corrected chi connectivity index (χ3v) is 5.26. The Morgan fingerprint density at radius 2 is 1.78 bits per heavy atom. The predicted molar refractivity (Wildman–Crippen MR) is 124 cm³/mol. The number of anilines is 1. The fourth-order valence-corrected chi connectivity index (χ4v) is 3.52. The number of nitrogens with zero attached hydrogens (tertiary/aromatic N) is 2. The molecule has 0 unspecified atom stereocenters. The highest BCUT2D eigenvalue weighted by Gasteiger charge is 2.16. The van der Waals surface area contributed by atoms with Crippen LogP contribution in [0.25, 0.3) is 10.9 Å². The Hall–Kier alpha value is -4.13. The fraction of sp³-hybridized carbons (Fsp3) is 0.160. The largest absolute Gasteiger partial charge is 0.497 e. The highest BCUT2D eigenvalue weighted by Crippen LogP contribution is 2.24. The molecule has 4 rings (SSSR count). The molecule has 32 heavy (non-hydrogen) atoms. The van der Waals surface area contributed by atoms with Gasteiger partial charge in [0.25, 0.3) is 11.5 Å². The number of pyridine rings is 2. The van der Waals surface area contributed by atoms with E-state index in [4.69, 9.17) is 9.47 Å². The molecule has 0 aliphatic rings.